The van der Waals surface area contributed by atoms with Gasteiger partial charge in [0.2, 0.25) is 5.76 Å². The zero-order valence-electron chi connectivity index (χ0n) is 17.0. The number of methoxy groups -OCH3 is 1. The van der Waals surface area contributed by atoms with Crippen molar-refractivity contribution in [2.24, 2.45) is 0 Å². The van der Waals surface area contributed by atoms with Crippen molar-refractivity contribution >= 4 is 32.8 Å². The van der Waals surface area contributed by atoms with Crippen molar-refractivity contribution in [2.75, 3.05) is 7.11 Å². The van der Waals surface area contributed by atoms with E-state index in [9.17, 15) is 14.0 Å². The molecule has 7 heteroatoms. The van der Waals surface area contributed by atoms with Gasteiger partial charge in [0, 0.05) is 11.0 Å². The fourth-order valence-corrected chi connectivity index (χ4v) is 4.52. The normalized spacial score (nSPS) is 15.3. The van der Waals surface area contributed by atoms with Crippen molar-refractivity contribution in [1.29, 1.82) is 0 Å². The topological polar surface area (TPSA) is 59.8 Å². The number of amides is 1. The zero-order valence-corrected chi connectivity index (χ0v) is 18.6. The molecule has 0 aliphatic carbocycles. The minimum Gasteiger partial charge on any atom is -0.497 e. The first-order chi connectivity index (χ1) is 15.5. The molecule has 1 amide bonds. The molecule has 2 heterocycles. The van der Waals surface area contributed by atoms with Crippen molar-refractivity contribution in [2.45, 2.75) is 12.6 Å². The number of benzene rings is 3. The summed E-state index contributed by atoms with van der Waals surface area (Å²) in [5.41, 5.74) is 1.62. The molecule has 160 valence electrons. The van der Waals surface area contributed by atoms with Gasteiger partial charge in [-0.15, -0.1) is 0 Å². The number of hydrogen-bond acceptors (Lipinski definition) is 4. The lowest BCUT2D eigenvalue weighted by Gasteiger charge is -2.25. The highest BCUT2D eigenvalue weighted by Gasteiger charge is 2.42. The molecule has 1 aromatic heterocycles. The number of nitrogens with zero attached hydrogens (tertiary/aromatic N) is 1. The number of ether oxygens (including phenoxy) is 1. The molecular weight excluding hydrogens is 477 g/mol. The first kappa shape index (κ1) is 20.5. The Labute approximate surface area is 191 Å². The summed E-state index contributed by atoms with van der Waals surface area (Å²) in [5.74, 6) is -0.224. The third kappa shape index (κ3) is 3.39. The number of halogens is 2. The second kappa shape index (κ2) is 7.91. The average Bonchev–Trinajstić information content (AvgIpc) is 3.07. The van der Waals surface area contributed by atoms with Crippen LogP contribution in [0, 0.1) is 5.82 Å². The van der Waals surface area contributed by atoms with Gasteiger partial charge in [-0.25, -0.2) is 4.39 Å². The van der Waals surface area contributed by atoms with E-state index < -0.39 is 17.3 Å². The summed E-state index contributed by atoms with van der Waals surface area (Å²) in [5, 5.41) is 0.114. The van der Waals surface area contributed by atoms with Gasteiger partial charge >= 0.3 is 0 Å². The number of fused-ring (bicyclic) bond motifs is 2. The van der Waals surface area contributed by atoms with E-state index in [0.717, 1.165) is 21.7 Å². The number of hydrogen-bond donors (Lipinski definition) is 0. The van der Waals surface area contributed by atoms with E-state index >= 15 is 0 Å². The summed E-state index contributed by atoms with van der Waals surface area (Å²) < 4.78 is 25.7. The fourth-order valence-electron chi connectivity index (χ4n) is 4.11. The third-order valence-electron chi connectivity index (χ3n) is 5.60. The molecule has 0 saturated carbocycles. The van der Waals surface area contributed by atoms with Gasteiger partial charge in [0.1, 0.15) is 17.1 Å². The fraction of sp³-hybridized carbons (Fsp3) is 0.120. The summed E-state index contributed by atoms with van der Waals surface area (Å²) in [6.07, 6.45) is 0. The van der Waals surface area contributed by atoms with Gasteiger partial charge in [0.25, 0.3) is 5.91 Å². The Morgan fingerprint density at radius 1 is 1.06 bits per heavy atom. The van der Waals surface area contributed by atoms with Crippen LogP contribution in [0.2, 0.25) is 0 Å². The van der Waals surface area contributed by atoms with E-state index in [2.05, 4.69) is 15.9 Å². The summed E-state index contributed by atoms with van der Waals surface area (Å²) in [4.78, 5) is 28.5. The van der Waals surface area contributed by atoms with Crippen LogP contribution in [0.5, 0.6) is 5.75 Å². The Morgan fingerprint density at radius 3 is 2.56 bits per heavy atom. The molecule has 0 bridgehead atoms. The second-order valence-electron chi connectivity index (χ2n) is 7.55. The Hall–Kier alpha value is -3.45. The predicted octanol–water partition coefficient (Wildman–Crippen LogP) is 5.45. The van der Waals surface area contributed by atoms with Gasteiger partial charge in [0.05, 0.1) is 24.1 Å². The smallest absolute Gasteiger partial charge is 0.291 e. The molecule has 32 heavy (non-hydrogen) atoms. The molecule has 0 fully saturated rings. The zero-order chi connectivity index (χ0) is 22.4. The highest BCUT2D eigenvalue weighted by molar-refractivity contribution is 9.10. The first-order valence-electron chi connectivity index (χ1n) is 9.92. The van der Waals surface area contributed by atoms with Gasteiger partial charge in [-0.1, -0.05) is 40.2 Å². The monoisotopic (exact) mass is 493 g/mol. The molecule has 1 aliphatic heterocycles. The van der Waals surface area contributed by atoms with Gasteiger partial charge < -0.3 is 14.1 Å². The second-order valence-corrected chi connectivity index (χ2v) is 8.47. The molecule has 1 unspecified atom stereocenters. The van der Waals surface area contributed by atoms with E-state index in [-0.39, 0.29) is 34.7 Å². The lowest BCUT2D eigenvalue weighted by Crippen LogP contribution is -2.29. The third-order valence-corrected chi connectivity index (χ3v) is 6.10. The summed E-state index contributed by atoms with van der Waals surface area (Å²) >= 11 is 3.47. The molecule has 1 atom stereocenters. The van der Waals surface area contributed by atoms with Crippen molar-refractivity contribution in [1.82, 2.24) is 4.90 Å². The highest BCUT2D eigenvalue weighted by Crippen LogP contribution is 2.39. The van der Waals surface area contributed by atoms with Crippen LogP contribution < -0.4 is 10.2 Å². The Morgan fingerprint density at radius 2 is 1.84 bits per heavy atom. The minimum absolute atomic E-state index is 0.00686. The van der Waals surface area contributed by atoms with Crippen LogP contribution >= 0.6 is 15.9 Å². The van der Waals surface area contributed by atoms with E-state index in [0.29, 0.717) is 5.75 Å². The standard InChI is InChI=1S/C25H17BrFNO4/c1-31-18-8-5-14(6-9-18)13-28-22(15-3-2-4-16(26)11-15)21-23(29)19-12-17(27)7-10-20(19)32-24(21)25(28)30/h2-12,22H,13H2,1H3. The van der Waals surface area contributed by atoms with Crippen molar-refractivity contribution in [3.05, 3.63) is 110 Å². The number of carbonyl (C=O) groups is 1. The summed E-state index contributed by atoms with van der Waals surface area (Å²) in [7, 11) is 1.59. The molecule has 0 radical (unpaired) electrons. The largest absolute Gasteiger partial charge is 0.497 e. The number of carbonyl (C=O) groups excluding carboxylic acids is 1. The maximum Gasteiger partial charge on any atom is 0.291 e. The van der Waals surface area contributed by atoms with Crippen LogP contribution in [0.15, 0.2) is 80.4 Å². The Balaban J connectivity index is 1.70. The van der Waals surface area contributed by atoms with Crippen LogP contribution in [0.4, 0.5) is 4.39 Å². The lowest BCUT2D eigenvalue weighted by atomic mass is 9.98. The molecule has 0 N–H and O–H groups in total. The van der Waals surface area contributed by atoms with E-state index in [1.165, 1.54) is 12.1 Å². The number of rotatable bonds is 4. The maximum atomic E-state index is 13.9. The molecular formula is C25H17BrFNO4. The van der Waals surface area contributed by atoms with Crippen LogP contribution in [0.3, 0.4) is 0 Å². The van der Waals surface area contributed by atoms with Gasteiger partial charge in [-0.05, 0) is 53.6 Å². The lowest BCUT2D eigenvalue weighted by molar-refractivity contribution is 0.0714. The van der Waals surface area contributed by atoms with Crippen molar-refractivity contribution < 1.29 is 18.3 Å². The Bertz CT molecular complexity index is 1410. The first-order valence-corrected chi connectivity index (χ1v) is 10.7. The van der Waals surface area contributed by atoms with Crippen LogP contribution in [-0.4, -0.2) is 17.9 Å². The quantitative estimate of drug-likeness (QED) is 0.379. The van der Waals surface area contributed by atoms with E-state index in [1.54, 1.807) is 12.0 Å². The molecule has 4 aromatic rings. The van der Waals surface area contributed by atoms with Crippen LogP contribution in [0.25, 0.3) is 11.0 Å². The highest BCUT2D eigenvalue weighted by atomic mass is 79.9. The predicted molar refractivity (Wildman–Crippen MR) is 121 cm³/mol. The summed E-state index contributed by atoms with van der Waals surface area (Å²) in [6, 6.07) is 17.9. The van der Waals surface area contributed by atoms with Gasteiger partial charge in [-0.2, -0.15) is 0 Å². The molecule has 3 aromatic carbocycles. The van der Waals surface area contributed by atoms with Crippen LogP contribution in [0.1, 0.15) is 33.3 Å². The van der Waals surface area contributed by atoms with Gasteiger partial charge in [0.15, 0.2) is 5.43 Å². The Kier molecular flexibility index (Phi) is 5.06. The van der Waals surface area contributed by atoms with Gasteiger partial charge in [-0.3, -0.25) is 9.59 Å². The molecule has 0 saturated heterocycles. The van der Waals surface area contributed by atoms with Crippen molar-refractivity contribution in [3.63, 3.8) is 0 Å². The molecule has 5 nitrogen and oxygen atoms in total. The maximum absolute atomic E-state index is 13.9. The summed E-state index contributed by atoms with van der Waals surface area (Å²) in [6.45, 7) is 0.258. The van der Waals surface area contributed by atoms with E-state index in [1.807, 2.05) is 48.5 Å². The van der Waals surface area contributed by atoms with Crippen molar-refractivity contribution in [3.8, 4) is 5.75 Å². The minimum atomic E-state index is -0.666. The SMILES string of the molecule is COc1ccc(CN2C(=O)c3oc4ccc(F)cc4c(=O)c3C2c2cccc(Br)c2)cc1. The molecule has 1 aliphatic rings. The molecule has 5 rings (SSSR count). The average molecular weight is 494 g/mol. The van der Waals surface area contributed by atoms with Crippen LogP contribution in [-0.2, 0) is 6.54 Å². The molecule has 0 spiro atoms. The van der Waals surface area contributed by atoms with E-state index in [4.69, 9.17) is 9.15 Å².